The van der Waals surface area contributed by atoms with Crippen molar-refractivity contribution in [3.05, 3.63) is 6.07 Å². The first-order chi connectivity index (χ1) is 9.26. The second-order valence-electron chi connectivity index (χ2n) is 4.79. The van der Waals surface area contributed by atoms with Gasteiger partial charge in [0.2, 0.25) is 5.88 Å². The molecule has 2 heterocycles. The van der Waals surface area contributed by atoms with Gasteiger partial charge in [-0.3, -0.25) is 0 Å². The largest absolute Gasteiger partial charge is 0.481 e. The molecule has 6 nitrogen and oxygen atoms in total. The van der Waals surface area contributed by atoms with Gasteiger partial charge in [0.1, 0.15) is 5.82 Å². The van der Waals surface area contributed by atoms with Gasteiger partial charge in [0.05, 0.1) is 14.2 Å². The lowest BCUT2D eigenvalue weighted by Crippen LogP contribution is -2.36. The molecule has 0 aromatic carbocycles. The van der Waals surface area contributed by atoms with E-state index in [1.54, 1.807) is 14.2 Å². The van der Waals surface area contributed by atoms with Gasteiger partial charge >= 0.3 is 6.01 Å². The van der Waals surface area contributed by atoms with E-state index in [0.29, 0.717) is 17.8 Å². The van der Waals surface area contributed by atoms with Crippen molar-refractivity contribution in [2.45, 2.75) is 19.3 Å². The van der Waals surface area contributed by atoms with Gasteiger partial charge in [-0.05, 0) is 31.7 Å². The summed E-state index contributed by atoms with van der Waals surface area (Å²) in [6, 6.07) is 2.20. The van der Waals surface area contributed by atoms with E-state index in [1.807, 2.05) is 6.07 Å². The molecule has 0 saturated carbocycles. The third-order valence-electron chi connectivity index (χ3n) is 3.48. The molecular weight excluding hydrogens is 244 g/mol. The Morgan fingerprint density at radius 2 is 2.21 bits per heavy atom. The lowest BCUT2D eigenvalue weighted by molar-refractivity contribution is 0.349. The van der Waals surface area contributed by atoms with E-state index in [4.69, 9.17) is 15.2 Å². The second-order valence-corrected chi connectivity index (χ2v) is 4.79. The molecule has 1 fully saturated rings. The number of rotatable bonds is 5. The third kappa shape index (κ3) is 3.47. The minimum Gasteiger partial charge on any atom is -0.481 e. The number of hydrogen-bond donors (Lipinski definition) is 1. The zero-order valence-electron chi connectivity index (χ0n) is 11.6. The highest BCUT2D eigenvalue weighted by Gasteiger charge is 2.21. The molecule has 0 unspecified atom stereocenters. The normalized spacial score (nSPS) is 19.3. The molecule has 19 heavy (non-hydrogen) atoms. The summed E-state index contributed by atoms with van der Waals surface area (Å²) in [5.41, 5.74) is 5.65. The van der Waals surface area contributed by atoms with Crippen molar-refractivity contribution < 1.29 is 9.47 Å². The molecule has 0 radical (unpaired) electrons. The molecule has 0 bridgehead atoms. The van der Waals surface area contributed by atoms with Gasteiger partial charge in [-0.2, -0.15) is 9.97 Å². The van der Waals surface area contributed by atoms with E-state index in [9.17, 15) is 0 Å². The Hall–Kier alpha value is -1.56. The fourth-order valence-corrected chi connectivity index (χ4v) is 2.49. The number of hydrogen-bond acceptors (Lipinski definition) is 6. The van der Waals surface area contributed by atoms with Crippen LogP contribution in [0, 0.1) is 5.92 Å². The molecule has 2 rings (SSSR count). The van der Waals surface area contributed by atoms with Crippen LogP contribution in [0.2, 0.25) is 0 Å². The quantitative estimate of drug-likeness (QED) is 0.859. The molecule has 1 atom stereocenters. The number of nitrogens with two attached hydrogens (primary N) is 1. The average Bonchev–Trinajstić information content (AvgIpc) is 2.47. The summed E-state index contributed by atoms with van der Waals surface area (Å²) in [5, 5.41) is 0. The molecule has 2 N–H and O–H groups in total. The topological polar surface area (TPSA) is 73.5 Å². The molecule has 0 spiro atoms. The van der Waals surface area contributed by atoms with E-state index in [-0.39, 0.29) is 0 Å². The predicted molar refractivity (Wildman–Crippen MR) is 73.7 cm³/mol. The maximum atomic E-state index is 5.65. The molecule has 1 saturated heterocycles. The SMILES string of the molecule is COc1cc(N2CCC[C@@H](CCN)C2)nc(OC)n1. The van der Waals surface area contributed by atoms with Gasteiger partial charge in [-0.1, -0.05) is 0 Å². The van der Waals surface area contributed by atoms with E-state index < -0.39 is 0 Å². The smallest absolute Gasteiger partial charge is 0.321 e. The zero-order chi connectivity index (χ0) is 13.7. The van der Waals surface area contributed by atoms with Crippen LogP contribution < -0.4 is 20.1 Å². The van der Waals surface area contributed by atoms with Crippen molar-refractivity contribution in [1.29, 1.82) is 0 Å². The molecule has 1 aromatic rings. The summed E-state index contributed by atoms with van der Waals surface area (Å²) < 4.78 is 10.3. The number of ether oxygens (including phenoxy) is 2. The predicted octanol–water partition coefficient (Wildman–Crippen LogP) is 1.06. The van der Waals surface area contributed by atoms with Crippen molar-refractivity contribution in [2.75, 3.05) is 38.8 Å². The molecule has 0 amide bonds. The van der Waals surface area contributed by atoms with Crippen molar-refractivity contribution in [2.24, 2.45) is 11.7 Å². The number of aromatic nitrogens is 2. The van der Waals surface area contributed by atoms with Crippen LogP contribution in [0.4, 0.5) is 5.82 Å². The van der Waals surface area contributed by atoms with Crippen LogP contribution >= 0.6 is 0 Å². The molecule has 6 heteroatoms. The van der Waals surface area contributed by atoms with Gasteiger partial charge < -0.3 is 20.1 Å². The standard InChI is InChI=1S/C13H22N4O2/c1-18-12-8-11(15-13(16-12)19-2)17-7-3-4-10(9-17)5-6-14/h8,10H,3-7,9,14H2,1-2H3/t10-/m0/s1. The first-order valence-electron chi connectivity index (χ1n) is 6.69. The first kappa shape index (κ1) is 13.9. The Labute approximate surface area is 113 Å². The summed E-state index contributed by atoms with van der Waals surface area (Å²) in [7, 11) is 3.16. The molecular formula is C13H22N4O2. The van der Waals surface area contributed by atoms with Crippen LogP contribution in [0.25, 0.3) is 0 Å². The molecule has 0 aliphatic carbocycles. The second kappa shape index (κ2) is 6.56. The fourth-order valence-electron chi connectivity index (χ4n) is 2.49. The van der Waals surface area contributed by atoms with Gasteiger partial charge in [0.25, 0.3) is 0 Å². The Balaban J connectivity index is 2.15. The number of piperidine rings is 1. The highest BCUT2D eigenvalue weighted by atomic mass is 16.5. The monoisotopic (exact) mass is 266 g/mol. The van der Waals surface area contributed by atoms with Crippen LogP contribution in [-0.4, -0.2) is 43.8 Å². The van der Waals surface area contributed by atoms with Crippen LogP contribution in [0.1, 0.15) is 19.3 Å². The fraction of sp³-hybridized carbons (Fsp3) is 0.692. The first-order valence-corrected chi connectivity index (χ1v) is 6.69. The maximum absolute atomic E-state index is 5.65. The highest BCUT2D eigenvalue weighted by Crippen LogP contribution is 2.26. The van der Waals surface area contributed by atoms with Crippen molar-refractivity contribution in [3.8, 4) is 11.9 Å². The molecule has 106 valence electrons. The Bertz CT molecular complexity index is 389. The van der Waals surface area contributed by atoms with Crippen molar-refractivity contribution >= 4 is 5.82 Å². The van der Waals surface area contributed by atoms with E-state index in [1.165, 1.54) is 12.8 Å². The minimum atomic E-state index is 0.343. The van der Waals surface area contributed by atoms with Crippen LogP contribution in [-0.2, 0) is 0 Å². The van der Waals surface area contributed by atoms with Crippen molar-refractivity contribution in [3.63, 3.8) is 0 Å². The van der Waals surface area contributed by atoms with Gasteiger partial charge in [0.15, 0.2) is 0 Å². The summed E-state index contributed by atoms with van der Waals surface area (Å²) in [4.78, 5) is 10.8. The zero-order valence-corrected chi connectivity index (χ0v) is 11.6. The Morgan fingerprint density at radius 3 is 2.89 bits per heavy atom. The Kier molecular flexibility index (Phi) is 4.79. The summed E-state index contributed by atoms with van der Waals surface area (Å²) in [6.07, 6.45) is 3.47. The number of anilines is 1. The van der Waals surface area contributed by atoms with Gasteiger partial charge in [0, 0.05) is 19.2 Å². The summed E-state index contributed by atoms with van der Waals surface area (Å²) >= 11 is 0. The molecule has 1 aromatic heterocycles. The number of methoxy groups -OCH3 is 2. The van der Waals surface area contributed by atoms with Crippen LogP contribution in [0.15, 0.2) is 6.07 Å². The van der Waals surface area contributed by atoms with Crippen molar-refractivity contribution in [1.82, 2.24) is 9.97 Å². The van der Waals surface area contributed by atoms with Crippen LogP contribution in [0.5, 0.6) is 11.9 Å². The van der Waals surface area contributed by atoms with Gasteiger partial charge in [-0.25, -0.2) is 0 Å². The minimum absolute atomic E-state index is 0.343. The third-order valence-corrected chi connectivity index (χ3v) is 3.48. The summed E-state index contributed by atoms with van der Waals surface area (Å²) in [5.74, 6) is 2.04. The lowest BCUT2D eigenvalue weighted by atomic mass is 9.95. The Morgan fingerprint density at radius 1 is 1.37 bits per heavy atom. The average molecular weight is 266 g/mol. The van der Waals surface area contributed by atoms with Crippen LogP contribution in [0.3, 0.4) is 0 Å². The molecule has 1 aliphatic rings. The molecule has 1 aliphatic heterocycles. The highest BCUT2D eigenvalue weighted by molar-refractivity contribution is 5.43. The van der Waals surface area contributed by atoms with E-state index >= 15 is 0 Å². The lowest BCUT2D eigenvalue weighted by Gasteiger charge is -2.33. The summed E-state index contributed by atoms with van der Waals surface area (Å²) in [6.45, 7) is 2.74. The van der Waals surface area contributed by atoms with E-state index in [2.05, 4.69) is 14.9 Å². The van der Waals surface area contributed by atoms with Gasteiger partial charge in [-0.15, -0.1) is 0 Å². The number of nitrogens with zero attached hydrogens (tertiary/aromatic N) is 3. The van der Waals surface area contributed by atoms with E-state index in [0.717, 1.165) is 31.9 Å². The maximum Gasteiger partial charge on any atom is 0.321 e.